The molecule has 2 rings (SSSR count). The van der Waals surface area contributed by atoms with Gasteiger partial charge in [-0.15, -0.1) is 11.8 Å². The maximum Gasteiger partial charge on any atom is 0.244 e. The first-order valence-electron chi connectivity index (χ1n) is 7.40. The molecule has 0 aromatic heterocycles. The van der Waals surface area contributed by atoms with E-state index < -0.39 is 6.04 Å². The summed E-state index contributed by atoms with van der Waals surface area (Å²) in [6.45, 7) is 0.704. The molecule has 7 heteroatoms. The number of halogens is 1. The van der Waals surface area contributed by atoms with E-state index in [1.54, 1.807) is 28.9 Å². The molecule has 0 aliphatic carbocycles. The second kappa shape index (κ2) is 8.82. The molecule has 5 nitrogen and oxygen atoms in total. The van der Waals surface area contributed by atoms with E-state index in [0.717, 1.165) is 18.5 Å². The number of amides is 1. The van der Waals surface area contributed by atoms with E-state index in [4.69, 9.17) is 22.6 Å². The first-order valence-corrected chi connectivity index (χ1v) is 8.83. The van der Waals surface area contributed by atoms with Crippen molar-refractivity contribution in [3.63, 3.8) is 0 Å². The molecule has 1 heterocycles. The number of thioether (sulfide) groups is 1. The van der Waals surface area contributed by atoms with Gasteiger partial charge in [0.15, 0.2) is 0 Å². The normalized spacial score (nSPS) is 14.6. The van der Waals surface area contributed by atoms with Crippen LogP contribution in [0.15, 0.2) is 29.8 Å². The number of unbranched alkanes of at least 4 members (excludes halogenated alkanes) is 1. The summed E-state index contributed by atoms with van der Waals surface area (Å²) in [5, 5.41) is 14.6. The van der Waals surface area contributed by atoms with Gasteiger partial charge in [0, 0.05) is 12.7 Å². The number of carbonyl (C=O) groups excluding carboxylic acids is 1. The highest BCUT2D eigenvalue weighted by atomic mass is 35.5. The summed E-state index contributed by atoms with van der Waals surface area (Å²) in [6.07, 6.45) is 4.13. The van der Waals surface area contributed by atoms with Crippen molar-refractivity contribution < 1.29 is 4.79 Å². The molecule has 0 radical (unpaired) electrons. The lowest BCUT2D eigenvalue weighted by Crippen LogP contribution is -2.40. The van der Waals surface area contributed by atoms with Crippen LogP contribution in [-0.4, -0.2) is 29.3 Å². The Balaban J connectivity index is 1.70. The van der Waals surface area contributed by atoms with E-state index in [1.807, 2.05) is 17.5 Å². The first kappa shape index (κ1) is 17.7. The number of nitrogens with two attached hydrogens (primary N) is 1. The number of benzene rings is 1. The molecule has 0 bridgehead atoms. The number of carbonyl (C=O) groups is 1. The maximum absolute atomic E-state index is 12.0. The van der Waals surface area contributed by atoms with Crippen LogP contribution in [0.3, 0.4) is 0 Å². The molecule has 1 aromatic carbocycles. The van der Waals surface area contributed by atoms with Crippen LogP contribution in [-0.2, 0) is 4.79 Å². The van der Waals surface area contributed by atoms with E-state index in [9.17, 15) is 4.79 Å². The number of rotatable bonds is 7. The summed E-state index contributed by atoms with van der Waals surface area (Å²) in [7, 11) is 0. The standard InChI is InChI=1S/C16H19ClN4OS/c17-13-4-3-6-15(12(13)10-18)20-7-2-1-5-14(19)16(22)21-8-9-23-11-21/h3-4,6,8-9,14,20H,1-2,5,7,11,19H2/t14-/m0/s1. The molecule has 0 unspecified atom stereocenters. The van der Waals surface area contributed by atoms with Crippen LogP contribution in [0.25, 0.3) is 0 Å². The lowest BCUT2D eigenvalue weighted by molar-refractivity contribution is -0.129. The smallest absolute Gasteiger partial charge is 0.244 e. The van der Waals surface area contributed by atoms with Crippen molar-refractivity contribution in [3.05, 3.63) is 40.4 Å². The van der Waals surface area contributed by atoms with Crippen LogP contribution in [0.1, 0.15) is 24.8 Å². The lowest BCUT2D eigenvalue weighted by atomic mass is 10.1. The molecule has 122 valence electrons. The minimum absolute atomic E-state index is 0.0270. The van der Waals surface area contributed by atoms with E-state index >= 15 is 0 Å². The number of hydrogen-bond donors (Lipinski definition) is 2. The van der Waals surface area contributed by atoms with Gasteiger partial charge in [-0.3, -0.25) is 4.79 Å². The highest BCUT2D eigenvalue weighted by Crippen LogP contribution is 2.23. The van der Waals surface area contributed by atoms with Crippen LogP contribution >= 0.6 is 23.4 Å². The van der Waals surface area contributed by atoms with E-state index in [0.29, 0.717) is 29.4 Å². The van der Waals surface area contributed by atoms with E-state index in [-0.39, 0.29) is 5.91 Å². The Morgan fingerprint density at radius 1 is 1.52 bits per heavy atom. The Morgan fingerprint density at radius 3 is 3.04 bits per heavy atom. The summed E-state index contributed by atoms with van der Waals surface area (Å²) in [6, 6.07) is 6.97. The van der Waals surface area contributed by atoms with Crippen molar-refractivity contribution in [3.8, 4) is 6.07 Å². The molecule has 1 aromatic rings. The van der Waals surface area contributed by atoms with Crippen LogP contribution < -0.4 is 11.1 Å². The van der Waals surface area contributed by atoms with Crippen LogP contribution in [0.2, 0.25) is 5.02 Å². The quantitative estimate of drug-likeness (QED) is 0.738. The van der Waals surface area contributed by atoms with Crippen molar-refractivity contribution in [2.75, 3.05) is 17.7 Å². The molecule has 0 saturated heterocycles. The fourth-order valence-electron chi connectivity index (χ4n) is 2.25. The predicted molar refractivity (Wildman–Crippen MR) is 94.9 cm³/mol. The average Bonchev–Trinajstić information content (AvgIpc) is 3.08. The van der Waals surface area contributed by atoms with Gasteiger partial charge in [0.05, 0.1) is 28.2 Å². The van der Waals surface area contributed by atoms with Crippen molar-refractivity contribution in [1.29, 1.82) is 5.26 Å². The average molecular weight is 351 g/mol. The van der Waals surface area contributed by atoms with Gasteiger partial charge in [-0.05, 0) is 36.8 Å². The molecule has 0 saturated carbocycles. The molecule has 0 fully saturated rings. The third-order valence-corrected chi connectivity index (χ3v) is 4.59. The van der Waals surface area contributed by atoms with Gasteiger partial charge in [0.1, 0.15) is 6.07 Å². The second-order valence-corrected chi connectivity index (χ2v) is 6.46. The Kier molecular flexibility index (Phi) is 6.78. The minimum atomic E-state index is -0.459. The van der Waals surface area contributed by atoms with Gasteiger partial charge in [-0.1, -0.05) is 17.7 Å². The molecular weight excluding hydrogens is 332 g/mol. The SMILES string of the molecule is N#Cc1c(Cl)cccc1NCCCC[C@H](N)C(=O)N1C=CSC1. The molecule has 23 heavy (non-hydrogen) atoms. The lowest BCUT2D eigenvalue weighted by Gasteiger charge is -2.18. The van der Waals surface area contributed by atoms with Crippen molar-refractivity contribution in [2.24, 2.45) is 5.73 Å². The number of nitrogens with zero attached hydrogens (tertiary/aromatic N) is 2. The highest BCUT2D eigenvalue weighted by Gasteiger charge is 2.20. The zero-order valence-electron chi connectivity index (χ0n) is 12.7. The highest BCUT2D eigenvalue weighted by molar-refractivity contribution is 8.02. The monoisotopic (exact) mass is 350 g/mol. The van der Waals surface area contributed by atoms with Crippen LogP contribution in [0, 0.1) is 11.3 Å². The summed E-state index contributed by atoms with van der Waals surface area (Å²) in [4.78, 5) is 13.7. The number of nitrogens with one attached hydrogen (secondary N) is 1. The van der Waals surface area contributed by atoms with Crippen molar-refractivity contribution in [2.45, 2.75) is 25.3 Å². The first-order chi connectivity index (χ1) is 11.1. The summed E-state index contributed by atoms with van der Waals surface area (Å²) in [5.74, 6) is 0.626. The van der Waals surface area contributed by atoms with Crippen LogP contribution in [0.4, 0.5) is 5.69 Å². The van der Waals surface area contributed by atoms with Gasteiger partial charge >= 0.3 is 0 Å². The summed E-state index contributed by atoms with van der Waals surface area (Å²) >= 11 is 7.56. The number of nitriles is 1. The molecule has 3 N–H and O–H groups in total. The predicted octanol–water partition coefficient (Wildman–Crippen LogP) is 3.13. The fourth-order valence-corrected chi connectivity index (χ4v) is 3.16. The second-order valence-electron chi connectivity index (χ2n) is 5.19. The zero-order chi connectivity index (χ0) is 16.7. The van der Waals surface area contributed by atoms with Crippen molar-refractivity contribution >= 4 is 35.0 Å². The zero-order valence-corrected chi connectivity index (χ0v) is 14.2. The van der Waals surface area contributed by atoms with Gasteiger partial charge in [0.25, 0.3) is 0 Å². The summed E-state index contributed by atoms with van der Waals surface area (Å²) in [5.41, 5.74) is 7.13. The maximum atomic E-state index is 12.0. The molecule has 1 amide bonds. The Labute approximate surface area is 145 Å². The van der Waals surface area contributed by atoms with E-state index in [2.05, 4.69) is 11.4 Å². The number of anilines is 1. The Bertz CT molecular complexity index is 629. The third-order valence-electron chi connectivity index (χ3n) is 3.53. The minimum Gasteiger partial charge on any atom is -0.384 e. The fraction of sp³-hybridized carbons (Fsp3) is 0.375. The topological polar surface area (TPSA) is 82.1 Å². The van der Waals surface area contributed by atoms with Gasteiger partial charge in [0.2, 0.25) is 5.91 Å². The third kappa shape index (κ3) is 4.90. The van der Waals surface area contributed by atoms with Gasteiger partial charge in [-0.25, -0.2) is 0 Å². The van der Waals surface area contributed by atoms with Crippen molar-refractivity contribution in [1.82, 2.24) is 4.90 Å². The molecule has 1 aliphatic rings. The largest absolute Gasteiger partial charge is 0.384 e. The number of hydrogen-bond acceptors (Lipinski definition) is 5. The molecule has 1 aliphatic heterocycles. The van der Waals surface area contributed by atoms with Crippen LogP contribution in [0.5, 0.6) is 0 Å². The molecule has 0 spiro atoms. The summed E-state index contributed by atoms with van der Waals surface area (Å²) < 4.78 is 0. The molecule has 1 atom stereocenters. The molecular formula is C16H19ClN4OS. The Morgan fingerprint density at radius 2 is 2.35 bits per heavy atom. The van der Waals surface area contributed by atoms with Gasteiger partial charge < -0.3 is 16.0 Å². The van der Waals surface area contributed by atoms with E-state index in [1.165, 1.54) is 0 Å². The van der Waals surface area contributed by atoms with Gasteiger partial charge in [-0.2, -0.15) is 5.26 Å². The Hall–Kier alpha value is -1.68.